The minimum Gasteiger partial charge on any atom is -0.398 e. The number of likely N-dealkylation sites (N-methyl/N-ethyl adjacent to an activating group) is 1. The molecular formula is C25H33N5O. The Morgan fingerprint density at radius 3 is 2.42 bits per heavy atom. The van der Waals surface area contributed by atoms with Gasteiger partial charge in [0.25, 0.3) is 0 Å². The summed E-state index contributed by atoms with van der Waals surface area (Å²) in [7, 11) is 0. The van der Waals surface area contributed by atoms with Crippen molar-refractivity contribution >= 4 is 28.7 Å². The SMILES string of the molecule is CCN1CCN(Cc2ccccc2C)CC1.Cc1cc(N)c2cc(NC=O)ccc2n1. The zero-order chi connectivity index (χ0) is 22.2. The predicted molar refractivity (Wildman–Crippen MR) is 129 cm³/mol. The normalized spacial score (nSPS) is 14.7. The average Bonchev–Trinajstić information content (AvgIpc) is 2.77. The van der Waals surface area contributed by atoms with Gasteiger partial charge in [0, 0.05) is 55.2 Å². The number of anilines is 2. The maximum Gasteiger partial charge on any atom is 0.211 e. The number of benzene rings is 2. The maximum absolute atomic E-state index is 10.3. The molecule has 1 amide bonds. The van der Waals surface area contributed by atoms with Crippen molar-refractivity contribution in [3.05, 3.63) is 65.4 Å². The molecule has 31 heavy (non-hydrogen) atoms. The summed E-state index contributed by atoms with van der Waals surface area (Å²) in [5.41, 5.74) is 11.9. The lowest BCUT2D eigenvalue weighted by molar-refractivity contribution is -0.105. The van der Waals surface area contributed by atoms with E-state index >= 15 is 0 Å². The quantitative estimate of drug-likeness (QED) is 0.615. The Morgan fingerprint density at radius 2 is 1.74 bits per heavy atom. The lowest BCUT2D eigenvalue weighted by Gasteiger charge is -2.34. The molecule has 2 aromatic carbocycles. The number of amides is 1. The molecule has 0 bridgehead atoms. The third-order valence-corrected chi connectivity index (χ3v) is 5.76. The van der Waals surface area contributed by atoms with Crippen molar-refractivity contribution in [2.45, 2.75) is 27.3 Å². The smallest absolute Gasteiger partial charge is 0.211 e. The number of hydrogen-bond donors (Lipinski definition) is 2. The fraction of sp³-hybridized carbons (Fsp3) is 0.360. The van der Waals surface area contributed by atoms with Crippen molar-refractivity contribution < 1.29 is 4.79 Å². The molecule has 1 aliphatic rings. The summed E-state index contributed by atoms with van der Waals surface area (Å²) in [5, 5.41) is 3.43. The van der Waals surface area contributed by atoms with Gasteiger partial charge in [-0.25, -0.2) is 0 Å². The standard InChI is InChI=1S/C14H22N2.C11H11N3O/c1-3-15-8-10-16(11-9-15)12-14-7-5-4-6-13(14)2;1-7-4-10(12)9-5-8(13-6-15)2-3-11(9)14-7/h4-7H,3,8-12H2,1-2H3;2-6H,1H3,(H2,12,14)(H,13,15). The van der Waals surface area contributed by atoms with Crippen molar-refractivity contribution in [2.24, 2.45) is 0 Å². The summed E-state index contributed by atoms with van der Waals surface area (Å²) in [6.07, 6.45) is 0.638. The fourth-order valence-corrected chi connectivity index (χ4v) is 3.84. The maximum atomic E-state index is 10.3. The molecule has 2 heterocycles. The molecule has 6 nitrogen and oxygen atoms in total. The third kappa shape index (κ3) is 6.26. The minimum atomic E-state index is 0.638. The van der Waals surface area contributed by atoms with Crippen LogP contribution < -0.4 is 11.1 Å². The highest BCUT2D eigenvalue weighted by Gasteiger charge is 2.15. The van der Waals surface area contributed by atoms with Gasteiger partial charge in [0.2, 0.25) is 6.41 Å². The van der Waals surface area contributed by atoms with E-state index in [2.05, 4.69) is 58.2 Å². The van der Waals surface area contributed by atoms with E-state index in [0.717, 1.165) is 28.8 Å². The van der Waals surface area contributed by atoms with Crippen LogP contribution in [0.2, 0.25) is 0 Å². The molecule has 3 aromatic rings. The number of rotatable bonds is 5. The molecule has 164 valence electrons. The predicted octanol–water partition coefficient (Wildman–Crippen LogP) is 3.83. The van der Waals surface area contributed by atoms with E-state index < -0.39 is 0 Å². The number of aryl methyl sites for hydroxylation is 2. The van der Waals surface area contributed by atoms with Crippen LogP contribution in [-0.4, -0.2) is 53.9 Å². The van der Waals surface area contributed by atoms with Crippen LogP contribution >= 0.6 is 0 Å². The summed E-state index contributed by atoms with van der Waals surface area (Å²) < 4.78 is 0. The summed E-state index contributed by atoms with van der Waals surface area (Å²) in [5.74, 6) is 0. The summed E-state index contributed by atoms with van der Waals surface area (Å²) >= 11 is 0. The number of aromatic nitrogens is 1. The van der Waals surface area contributed by atoms with Gasteiger partial charge in [0.15, 0.2) is 0 Å². The van der Waals surface area contributed by atoms with Crippen LogP contribution in [0.4, 0.5) is 11.4 Å². The van der Waals surface area contributed by atoms with Gasteiger partial charge >= 0.3 is 0 Å². The molecule has 0 aliphatic carbocycles. The van der Waals surface area contributed by atoms with Crippen molar-refractivity contribution in [1.29, 1.82) is 0 Å². The number of nitrogens with zero attached hydrogens (tertiary/aromatic N) is 3. The fourth-order valence-electron chi connectivity index (χ4n) is 3.84. The summed E-state index contributed by atoms with van der Waals surface area (Å²) in [6, 6.07) is 16.0. The van der Waals surface area contributed by atoms with Crippen LogP contribution in [0.5, 0.6) is 0 Å². The monoisotopic (exact) mass is 419 g/mol. The molecule has 0 saturated carbocycles. The Balaban J connectivity index is 0.000000176. The second-order valence-corrected chi connectivity index (χ2v) is 7.98. The van der Waals surface area contributed by atoms with E-state index in [4.69, 9.17) is 5.73 Å². The Hall–Kier alpha value is -2.96. The van der Waals surface area contributed by atoms with Crippen LogP contribution in [0.3, 0.4) is 0 Å². The molecule has 0 atom stereocenters. The van der Waals surface area contributed by atoms with Crippen molar-refractivity contribution in [2.75, 3.05) is 43.8 Å². The molecule has 1 aromatic heterocycles. The molecule has 4 rings (SSSR count). The lowest BCUT2D eigenvalue weighted by Crippen LogP contribution is -2.45. The van der Waals surface area contributed by atoms with Gasteiger partial charge < -0.3 is 16.0 Å². The lowest BCUT2D eigenvalue weighted by atomic mass is 10.1. The highest BCUT2D eigenvalue weighted by atomic mass is 16.1. The van der Waals surface area contributed by atoms with Crippen LogP contribution in [0.15, 0.2) is 48.5 Å². The summed E-state index contributed by atoms with van der Waals surface area (Å²) in [6.45, 7) is 13.5. The van der Waals surface area contributed by atoms with Gasteiger partial charge in [-0.05, 0) is 55.8 Å². The number of fused-ring (bicyclic) bond motifs is 1. The second-order valence-electron chi connectivity index (χ2n) is 7.98. The van der Waals surface area contributed by atoms with E-state index in [0.29, 0.717) is 12.1 Å². The third-order valence-electron chi connectivity index (χ3n) is 5.76. The zero-order valence-corrected chi connectivity index (χ0v) is 18.8. The second kappa shape index (κ2) is 10.9. The van der Waals surface area contributed by atoms with Crippen LogP contribution in [0.1, 0.15) is 23.7 Å². The van der Waals surface area contributed by atoms with Crippen molar-refractivity contribution in [1.82, 2.24) is 14.8 Å². The molecular weight excluding hydrogens is 386 g/mol. The van der Waals surface area contributed by atoms with Gasteiger partial charge in [0.1, 0.15) is 0 Å². The van der Waals surface area contributed by atoms with E-state index in [1.807, 2.05) is 25.1 Å². The van der Waals surface area contributed by atoms with Crippen LogP contribution in [0.25, 0.3) is 10.9 Å². The first-order valence-corrected chi connectivity index (χ1v) is 10.9. The molecule has 3 N–H and O–H groups in total. The number of carbonyl (C=O) groups is 1. The molecule has 1 aliphatic heterocycles. The number of piperazine rings is 1. The summed E-state index contributed by atoms with van der Waals surface area (Å²) in [4.78, 5) is 19.7. The molecule has 0 radical (unpaired) electrons. The average molecular weight is 420 g/mol. The van der Waals surface area contributed by atoms with Gasteiger partial charge in [-0.15, -0.1) is 0 Å². The molecule has 6 heteroatoms. The van der Waals surface area contributed by atoms with E-state index in [1.54, 1.807) is 6.07 Å². The first kappa shape index (κ1) is 22.7. The van der Waals surface area contributed by atoms with Crippen LogP contribution in [0, 0.1) is 13.8 Å². The first-order valence-electron chi connectivity index (χ1n) is 10.9. The number of nitrogens with one attached hydrogen (secondary N) is 1. The largest absolute Gasteiger partial charge is 0.398 e. The first-order chi connectivity index (χ1) is 15.0. The Bertz CT molecular complexity index is 1010. The number of pyridine rings is 1. The highest BCUT2D eigenvalue weighted by Crippen LogP contribution is 2.23. The van der Waals surface area contributed by atoms with Crippen molar-refractivity contribution in [3.63, 3.8) is 0 Å². The minimum absolute atomic E-state index is 0.638. The number of nitrogens with two attached hydrogens (primary N) is 1. The van der Waals surface area contributed by atoms with Gasteiger partial charge in [-0.1, -0.05) is 31.2 Å². The Kier molecular flexibility index (Phi) is 7.98. The van der Waals surface area contributed by atoms with Crippen LogP contribution in [-0.2, 0) is 11.3 Å². The molecule has 0 unspecified atom stereocenters. The Morgan fingerprint density at radius 1 is 1.03 bits per heavy atom. The molecule has 1 saturated heterocycles. The highest BCUT2D eigenvalue weighted by molar-refractivity contribution is 5.93. The Labute approximate surface area is 185 Å². The van der Waals surface area contributed by atoms with Crippen molar-refractivity contribution in [3.8, 4) is 0 Å². The molecule has 1 fully saturated rings. The zero-order valence-electron chi connectivity index (χ0n) is 18.8. The topological polar surface area (TPSA) is 74.5 Å². The van der Waals surface area contributed by atoms with Gasteiger partial charge in [0.05, 0.1) is 5.52 Å². The van der Waals surface area contributed by atoms with Gasteiger partial charge in [-0.2, -0.15) is 0 Å². The number of nitrogen functional groups attached to an aromatic ring is 1. The van der Waals surface area contributed by atoms with E-state index in [1.165, 1.54) is 43.9 Å². The van der Waals surface area contributed by atoms with E-state index in [-0.39, 0.29) is 0 Å². The van der Waals surface area contributed by atoms with E-state index in [9.17, 15) is 4.79 Å². The molecule has 0 spiro atoms. The number of hydrogen-bond acceptors (Lipinski definition) is 5. The number of carbonyl (C=O) groups excluding carboxylic acids is 1. The van der Waals surface area contributed by atoms with Gasteiger partial charge in [-0.3, -0.25) is 14.7 Å².